The zero-order valence-corrected chi connectivity index (χ0v) is 13.2. The Morgan fingerprint density at radius 1 is 1.04 bits per heavy atom. The van der Waals surface area contributed by atoms with E-state index in [1.165, 1.54) is 13.2 Å². The van der Waals surface area contributed by atoms with Gasteiger partial charge in [-0.25, -0.2) is 4.79 Å². The van der Waals surface area contributed by atoms with Gasteiger partial charge in [0.2, 0.25) is 0 Å². The average Bonchev–Trinajstić information content (AvgIpc) is 2.60. The maximum Gasteiger partial charge on any atom is 0.339 e. The number of hydrogen-bond donors (Lipinski definition) is 2. The van der Waals surface area contributed by atoms with E-state index in [-0.39, 0.29) is 12.2 Å². The van der Waals surface area contributed by atoms with E-state index in [1.54, 1.807) is 12.1 Å². The molecule has 4 heteroatoms. The second-order valence-electron chi connectivity index (χ2n) is 4.83. The first kappa shape index (κ1) is 17.1. The largest absolute Gasteiger partial charge is 0.496 e. The molecule has 0 aliphatic heterocycles. The van der Waals surface area contributed by atoms with Crippen LogP contribution in [0.5, 0.6) is 5.75 Å². The standard InChI is InChI=1S/C20H16O4/c1-24-19-11-10-17(14-18(19)20(22)23)9-8-16-7-4-6-15(13-16)5-2-3-12-21/h4,6-7,10-11,13-14,21H,3,12H2,1H3,(H,22,23). The molecule has 0 unspecified atom stereocenters. The summed E-state index contributed by atoms with van der Waals surface area (Å²) < 4.78 is 5.02. The molecule has 0 radical (unpaired) electrons. The third-order valence-electron chi connectivity index (χ3n) is 3.11. The van der Waals surface area contributed by atoms with Gasteiger partial charge in [0.25, 0.3) is 0 Å². The molecule has 2 N–H and O–H groups in total. The van der Waals surface area contributed by atoms with Crippen LogP contribution in [0, 0.1) is 23.7 Å². The van der Waals surface area contributed by atoms with Gasteiger partial charge in [0.15, 0.2) is 0 Å². The van der Waals surface area contributed by atoms with Gasteiger partial charge in [-0.3, -0.25) is 0 Å². The number of aromatic carboxylic acids is 1. The number of carbonyl (C=O) groups is 1. The lowest BCUT2D eigenvalue weighted by atomic mass is 10.1. The van der Waals surface area contributed by atoms with Gasteiger partial charge in [-0.15, -0.1) is 0 Å². The Morgan fingerprint density at radius 3 is 2.33 bits per heavy atom. The number of carboxylic acids is 1. The van der Waals surface area contributed by atoms with Crippen molar-refractivity contribution >= 4 is 5.97 Å². The Bertz CT molecular complexity index is 860. The van der Waals surface area contributed by atoms with Gasteiger partial charge in [-0.2, -0.15) is 0 Å². The van der Waals surface area contributed by atoms with Gasteiger partial charge in [0.05, 0.1) is 13.7 Å². The Hall–Kier alpha value is -3.21. The summed E-state index contributed by atoms with van der Waals surface area (Å²) in [4.78, 5) is 11.2. The third-order valence-corrected chi connectivity index (χ3v) is 3.11. The van der Waals surface area contributed by atoms with Crippen molar-refractivity contribution in [2.75, 3.05) is 13.7 Å². The van der Waals surface area contributed by atoms with Crippen LogP contribution in [-0.2, 0) is 0 Å². The molecular formula is C20H16O4. The van der Waals surface area contributed by atoms with E-state index in [0.717, 1.165) is 11.1 Å². The monoisotopic (exact) mass is 320 g/mol. The molecule has 0 aliphatic rings. The zero-order valence-electron chi connectivity index (χ0n) is 13.2. The summed E-state index contributed by atoms with van der Waals surface area (Å²) in [7, 11) is 1.43. The molecule has 0 aromatic heterocycles. The molecule has 2 aromatic rings. The minimum Gasteiger partial charge on any atom is -0.496 e. The van der Waals surface area contributed by atoms with E-state index < -0.39 is 5.97 Å². The highest BCUT2D eigenvalue weighted by atomic mass is 16.5. The predicted octanol–water partition coefficient (Wildman–Crippen LogP) is 2.53. The van der Waals surface area contributed by atoms with Gasteiger partial charge >= 0.3 is 5.97 Å². The molecule has 0 spiro atoms. The van der Waals surface area contributed by atoms with Crippen LogP contribution in [0.2, 0.25) is 0 Å². The normalized spacial score (nSPS) is 9.25. The Labute approximate surface area is 140 Å². The average molecular weight is 320 g/mol. The van der Waals surface area contributed by atoms with Crippen molar-refractivity contribution in [2.45, 2.75) is 6.42 Å². The molecule has 0 saturated carbocycles. The second kappa shape index (κ2) is 8.43. The number of carboxylic acid groups (broad SMARTS) is 1. The molecule has 0 fully saturated rings. The summed E-state index contributed by atoms with van der Waals surface area (Å²) in [5, 5.41) is 17.9. The summed E-state index contributed by atoms with van der Waals surface area (Å²) in [5.41, 5.74) is 2.26. The van der Waals surface area contributed by atoms with Gasteiger partial charge in [0, 0.05) is 23.1 Å². The first-order valence-corrected chi connectivity index (χ1v) is 7.27. The lowest BCUT2D eigenvalue weighted by Crippen LogP contribution is -2.00. The van der Waals surface area contributed by atoms with Crippen LogP contribution in [0.25, 0.3) is 0 Å². The van der Waals surface area contributed by atoms with Crippen molar-refractivity contribution in [1.82, 2.24) is 0 Å². The highest BCUT2D eigenvalue weighted by Gasteiger charge is 2.10. The molecular weight excluding hydrogens is 304 g/mol. The van der Waals surface area contributed by atoms with Crippen molar-refractivity contribution in [2.24, 2.45) is 0 Å². The van der Waals surface area contributed by atoms with Crippen LogP contribution >= 0.6 is 0 Å². The highest BCUT2D eigenvalue weighted by molar-refractivity contribution is 5.91. The van der Waals surface area contributed by atoms with Crippen LogP contribution in [-0.4, -0.2) is 29.9 Å². The maximum atomic E-state index is 11.2. The zero-order chi connectivity index (χ0) is 17.4. The smallest absolute Gasteiger partial charge is 0.339 e. The maximum absolute atomic E-state index is 11.2. The number of aliphatic hydroxyl groups is 1. The Balaban J connectivity index is 2.27. The molecule has 0 bridgehead atoms. The number of benzene rings is 2. The molecule has 24 heavy (non-hydrogen) atoms. The fourth-order valence-corrected chi connectivity index (χ4v) is 1.99. The number of hydrogen-bond acceptors (Lipinski definition) is 3. The van der Waals surface area contributed by atoms with Gasteiger partial charge in [-0.1, -0.05) is 29.7 Å². The van der Waals surface area contributed by atoms with Crippen molar-refractivity contribution in [1.29, 1.82) is 0 Å². The quantitative estimate of drug-likeness (QED) is 0.853. The van der Waals surface area contributed by atoms with Gasteiger partial charge < -0.3 is 14.9 Å². The van der Waals surface area contributed by atoms with Crippen molar-refractivity contribution in [3.63, 3.8) is 0 Å². The summed E-state index contributed by atoms with van der Waals surface area (Å²) in [5.74, 6) is 11.0. The molecule has 2 rings (SSSR count). The van der Waals surface area contributed by atoms with E-state index >= 15 is 0 Å². The number of ether oxygens (including phenoxy) is 1. The predicted molar refractivity (Wildman–Crippen MR) is 91.0 cm³/mol. The minimum absolute atomic E-state index is 0.0376. The second-order valence-corrected chi connectivity index (χ2v) is 4.83. The molecule has 0 amide bonds. The summed E-state index contributed by atoms with van der Waals surface area (Å²) >= 11 is 0. The highest BCUT2D eigenvalue weighted by Crippen LogP contribution is 2.19. The van der Waals surface area contributed by atoms with Crippen LogP contribution in [0.3, 0.4) is 0 Å². The van der Waals surface area contributed by atoms with Gasteiger partial charge in [-0.05, 0) is 36.4 Å². The molecule has 0 saturated heterocycles. The number of methoxy groups -OCH3 is 1. The fraction of sp³-hybridized carbons (Fsp3) is 0.150. The van der Waals surface area contributed by atoms with E-state index in [4.69, 9.17) is 9.84 Å². The van der Waals surface area contributed by atoms with E-state index in [0.29, 0.717) is 17.7 Å². The van der Waals surface area contributed by atoms with E-state index in [2.05, 4.69) is 23.7 Å². The molecule has 4 nitrogen and oxygen atoms in total. The Kier molecular flexibility index (Phi) is 6.02. The number of aliphatic hydroxyl groups excluding tert-OH is 1. The minimum atomic E-state index is -1.06. The molecule has 0 aliphatic carbocycles. The molecule has 0 heterocycles. The SMILES string of the molecule is COc1ccc(C#Cc2cccc(C#CCCO)c2)cc1C(=O)O. The Morgan fingerprint density at radius 2 is 1.71 bits per heavy atom. The van der Waals surface area contributed by atoms with Crippen LogP contribution in [0.1, 0.15) is 33.5 Å². The van der Waals surface area contributed by atoms with Crippen LogP contribution in [0.4, 0.5) is 0 Å². The van der Waals surface area contributed by atoms with Crippen molar-refractivity contribution in [3.8, 4) is 29.4 Å². The molecule has 120 valence electrons. The summed E-state index contributed by atoms with van der Waals surface area (Å²) in [6.45, 7) is 0.0376. The molecule has 0 atom stereocenters. The third kappa shape index (κ3) is 4.64. The lowest BCUT2D eigenvalue weighted by Gasteiger charge is -2.04. The van der Waals surface area contributed by atoms with E-state index in [1.807, 2.05) is 24.3 Å². The van der Waals surface area contributed by atoms with Crippen LogP contribution in [0.15, 0.2) is 42.5 Å². The van der Waals surface area contributed by atoms with Crippen molar-refractivity contribution < 1.29 is 19.7 Å². The summed E-state index contributed by atoms with van der Waals surface area (Å²) in [6.07, 6.45) is 0.430. The summed E-state index contributed by atoms with van der Waals surface area (Å²) in [6, 6.07) is 12.2. The molecule has 2 aromatic carbocycles. The van der Waals surface area contributed by atoms with E-state index in [9.17, 15) is 9.90 Å². The first-order valence-electron chi connectivity index (χ1n) is 7.27. The first-order chi connectivity index (χ1) is 11.6. The topological polar surface area (TPSA) is 66.8 Å². The fourth-order valence-electron chi connectivity index (χ4n) is 1.99. The number of rotatable bonds is 3. The van der Waals surface area contributed by atoms with Crippen molar-refractivity contribution in [3.05, 3.63) is 64.7 Å². The van der Waals surface area contributed by atoms with Crippen LogP contribution < -0.4 is 4.74 Å². The van der Waals surface area contributed by atoms with Gasteiger partial charge in [0.1, 0.15) is 11.3 Å². The lowest BCUT2D eigenvalue weighted by molar-refractivity contribution is 0.0693.